The molecule has 150 valence electrons. The monoisotopic (exact) mass is 358 g/mol. The van der Waals surface area contributed by atoms with Gasteiger partial charge in [-0.15, -0.1) is 0 Å². The van der Waals surface area contributed by atoms with E-state index in [2.05, 4.69) is 6.92 Å². The Balaban J connectivity index is 3.11. The third-order valence-corrected chi connectivity index (χ3v) is 4.36. The summed E-state index contributed by atoms with van der Waals surface area (Å²) in [5.41, 5.74) is 0. The summed E-state index contributed by atoms with van der Waals surface area (Å²) in [7, 11) is 1.65. The van der Waals surface area contributed by atoms with Crippen molar-refractivity contribution in [2.45, 2.75) is 96.8 Å². The molecule has 0 aliphatic carbocycles. The molecule has 0 aromatic rings. The molecule has 0 N–H and O–H groups in total. The van der Waals surface area contributed by atoms with Gasteiger partial charge in [-0.2, -0.15) is 0 Å². The van der Waals surface area contributed by atoms with E-state index in [1.54, 1.807) is 7.11 Å². The van der Waals surface area contributed by atoms with Crippen molar-refractivity contribution in [2.24, 2.45) is 0 Å². The van der Waals surface area contributed by atoms with E-state index < -0.39 is 0 Å². The van der Waals surface area contributed by atoms with Crippen molar-refractivity contribution in [3.63, 3.8) is 0 Å². The fraction of sp³-hybridized carbons (Fsp3) is 0.952. The Labute approximate surface area is 156 Å². The molecule has 4 heteroatoms. The van der Waals surface area contributed by atoms with E-state index in [9.17, 15) is 4.79 Å². The average Bonchev–Trinajstić information content (AvgIpc) is 2.62. The molecule has 0 spiro atoms. The Morgan fingerprint density at radius 2 is 1.20 bits per heavy atom. The summed E-state index contributed by atoms with van der Waals surface area (Å²) in [5.74, 6) is -0.0987. The second kappa shape index (κ2) is 21.4. The van der Waals surface area contributed by atoms with Crippen LogP contribution >= 0.6 is 0 Å². The quantitative estimate of drug-likeness (QED) is 0.208. The standard InChI is InChI=1S/C21H42O4/c1-3-4-5-6-7-8-9-10-11-12-13-14-18-25-21(22)16-15-17-24-20-19-23-2/h3-20H2,1-2H3. The first-order chi connectivity index (χ1) is 12.3. The molecule has 4 nitrogen and oxygen atoms in total. The van der Waals surface area contributed by atoms with Crippen LogP contribution in [0.25, 0.3) is 0 Å². The number of unbranched alkanes of at least 4 members (excludes halogenated alkanes) is 11. The minimum Gasteiger partial charge on any atom is -0.466 e. The molecule has 0 atom stereocenters. The summed E-state index contributed by atoms with van der Waals surface area (Å²) in [5, 5.41) is 0. The Hall–Kier alpha value is -0.610. The van der Waals surface area contributed by atoms with E-state index >= 15 is 0 Å². The molecule has 0 aliphatic rings. The maximum atomic E-state index is 11.5. The predicted octanol–water partition coefficient (Wildman–Crippen LogP) is 5.67. The fourth-order valence-corrected chi connectivity index (χ4v) is 2.76. The highest BCUT2D eigenvalue weighted by Crippen LogP contribution is 2.12. The molecular weight excluding hydrogens is 316 g/mol. The molecule has 0 aromatic heterocycles. The van der Waals surface area contributed by atoms with Gasteiger partial charge in [0, 0.05) is 20.1 Å². The van der Waals surface area contributed by atoms with Gasteiger partial charge < -0.3 is 14.2 Å². The van der Waals surface area contributed by atoms with Crippen LogP contribution in [0.2, 0.25) is 0 Å². The zero-order chi connectivity index (χ0) is 18.4. The Bertz CT molecular complexity index is 269. The third kappa shape index (κ3) is 21.3. The minimum atomic E-state index is -0.0987. The minimum absolute atomic E-state index is 0.0987. The van der Waals surface area contributed by atoms with E-state index in [-0.39, 0.29) is 5.97 Å². The number of rotatable bonds is 20. The van der Waals surface area contributed by atoms with Crippen molar-refractivity contribution in [1.82, 2.24) is 0 Å². The van der Waals surface area contributed by atoms with Crippen LogP contribution in [0.1, 0.15) is 96.8 Å². The fourth-order valence-electron chi connectivity index (χ4n) is 2.76. The number of carbonyl (C=O) groups is 1. The Morgan fingerprint density at radius 3 is 1.76 bits per heavy atom. The predicted molar refractivity (Wildman–Crippen MR) is 104 cm³/mol. The van der Waals surface area contributed by atoms with Gasteiger partial charge in [0.05, 0.1) is 19.8 Å². The average molecular weight is 359 g/mol. The summed E-state index contributed by atoms with van der Waals surface area (Å²) >= 11 is 0. The van der Waals surface area contributed by atoms with Crippen molar-refractivity contribution >= 4 is 5.97 Å². The lowest BCUT2D eigenvalue weighted by Gasteiger charge is -2.06. The number of hydrogen-bond acceptors (Lipinski definition) is 4. The largest absolute Gasteiger partial charge is 0.466 e. The van der Waals surface area contributed by atoms with Crippen molar-refractivity contribution < 1.29 is 19.0 Å². The lowest BCUT2D eigenvalue weighted by molar-refractivity contribution is -0.144. The van der Waals surface area contributed by atoms with Gasteiger partial charge in [0.1, 0.15) is 0 Å². The summed E-state index contributed by atoms with van der Waals surface area (Å²) in [6.07, 6.45) is 17.0. The van der Waals surface area contributed by atoms with Crippen LogP contribution in [-0.2, 0) is 19.0 Å². The van der Waals surface area contributed by atoms with Gasteiger partial charge in [-0.05, 0) is 12.8 Å². The van der Waals surface area contributed by atoms with E-state index in [0.717, 1.165) is 12.8 Å². The lowest BCUT2D eigenvalue weighted by atomic mass is 10.1. The highest BCUT2D eigenvalue weighted by atomic mass is 16.5. The van der Waals surface area contributed by atoms with Gasteiger partial charge in [0.25, 0.3) is 0 Å². The molecule has 0 rings (SSSR count). The van der Waals surface area contributed by atoms with Crippen LogP contribution < -0.4 is 0 Å². The number of carbonyl (C=O) groups excluding carboxylic acids is 1. The molecule has 0 bridgehead atoms. The molecule has 0 radical (unpaired) electrons. The first kappa shape index (κ1) is 24.4. The molecule has 0 aromatic carbocycles. The second-order valence-electron chi connectivity index (χ2n) is 6.82. The molecule has 0 heterocycles. The molecule has 0 saturated heterocycles. The summed E-state index contributed by atoms with van der Waals surface area (Å²) in [6.45, 7) is 4.62. The third-order valence-electron chi connectivity index (χ3n) is 4.36. The Morgan fingerprint density at radius 1 is 0.640 bits per heavy atom. The van der Waals surface area contributed by atoms with Crippen LogP contribution in [0.5, 0.6) is 0 Å². The highest BCUT2D eigenvalue weighted by Gasteiger charge is 2.02. The van der Waals surface area contributed by atoms with Crippen LogP contribution in [0.3, 0.4) is 0 Å². The SMILES string of the molecule is CCCCCCCCCCCCCCOC(=O)CCCOCCOC. The summed E-state index contributed by atoms with van der Waals surface area (Å²) < 4.78 is 15.4. The molecule has 0 amide bonds. The van der Waals surface area contributed by atoms with Gasteiger partial charge in [-0.25, -0.2) is 0 Å². The highest BCUT2D eigenvalue weighted by molar-refractivity contribution is 5.69. The zero-order valence-electron chi connectivity index (χ0n) is 16.9. The van der Waals surface area contributed by atoms with Gasteiger partial charge >= 0.3 is 5.97 Å². The van der Waals surface area contributed by atoms with Crippen molar-refractivity contribution in [2.75, 3.05) is 33.5 Å². The van der Waals surface area contributed by atoms with E-state index in [1.165, 1.54) is 70.6 Å². The van der Waals surface area contributed by atoms with E-state index in [0.29, 0.717) is 32.8 Å². The van der Waals surface area contributed by atoms with E-state index in [1.807, 2.05) is 0 Å². The Kier molecular flexibility index (Phi) is 20.9. The number of ether oxygens (including phenoxy) is 3. The topological polar surface area (TPSA) is 44.8 Å². The number of hydrogen-bond donors (Lipinski definition) is 0. The van der Waals surface area contributed by atoms with Gasteiger partial charge in [-0.3, -0.25) is 4.79 Å². The smallest absolute Gasteiger partial charge is 0.305 e. The summed E-state index contributed by atoms with van der Waals surface area (Å²) in [4.78, 5) is 11.5. The maximum absolute atomic E-state index is 11.5. The maximum Gasteiger partial charge on any atom is 0.305 e. The molecule has 0 fully saturated rings. The number of esters is 1. The molecule has 0 aliphatic heterocycles. The van der Waals surface area contributed by atoms with Crippen molar-refractivity contribution in [3.8, 4) is 0 Å². The van der Waals surface area contributed by atoms with Gasteiger partial charge in [0.2, 0.25) is 0 Å². The summed E-state index contributed by atoms with van der Waals surface area (Å²) in [6, 6.07) is 0. The van der Waals surface area contributed by atoms with Crippen LogP contribution in [-0.4, -0.2) is 39.5 Å². The molecule has 0 unspecified atom stereocenters. The first-order valence-corrected chi connectivity index (χ1v) is 10.5. The van der Waals surface area contributed by atoms with Gasteiger partial charge in [0.15, 0.2) is 0 Å². The zero-order valence-corrected chi connectivity index (χ0v) is 16.9. The molecule has 0 saturated carbocycles. The normalized spacial score (nSPS) is 11.0. The van der Waals surface area contributed by atoms with Crippen LogP contribution in [0.15, 0.2) is 0 Å². The van der Waals surface area contributed by atoms with Crippen LogP contribution in [0, 0.1) is 0 Å². The molecular formula is C21H42O4. The van der Waals surface area contributed by atoms with Crippen molar-refractivity contribution in [3.05, 3.63) is 0 Å². The molecule has 25 heavy (non-hydrogen) atoms. The second-order valence-corrected chi connectivity index (χ2v) is 6.82. The van der Waals surface area contributed by atoms with E-state index in [4.69, 9.17) is 14.2 Å². The first-order valence-electron chi connectivity index (χ1n) is 10.5. The number of methoxy groups -OCH3 is 1. The lowest BCUT2D eigenvalue weighted by Crippen LogP contribution is -2.08. The van der Waals surface area contributed by atoms with Gasteiger partial charge in [-0.1, -0.05) is 77.6 Å². The van der Waals surface area contributed by atoms with Crippen molar-refractivity contribution in [1.29, 1.82) is 0 Å². The van der Waals surface area contributed by atoms with Crippen LogP contribution in [0.4, 0.5) is 0 Å².